The maximum atomic E-state index is 12.3. The van der Waals surface area contributed by atoms with Crippen LogP contribution in [-0.4, -0.2) is 5.97 Å². The normalized spacial score (nSPS) is 10.8. The van der Waals surface area contributed by atoms with Crippen LogP contribution in [0.1, 0.15) is 32.6 Å². The summed E-state index contributed by atoms with van der Waals surface area (Å²) in [6.45, 7) is 4.43. The third-order valence-corrected chi connectivity index (χ3v) is 4.97. The Morgan fingerprint density at radius 1 is 0.871 bits per heavy atom. The van der Waals surface area contributed by atoms with Crippen molar-refractivity contribution in [2.45, 2.75) is 27.1 Å². The zero-order valence-corrected chi connectivity index (χ0v) is 17.4. The van der Waals surface area contributed by atoms with Gasteiger partial charge in [-0.15, -0.1) is 0 Å². The van der Waals surface area contributed by atoms with Crippen LogP contribution in [0.4, 0.5) is 0 Å². The Bertz CT molecular complexity index is 1290. The zero-order valence-electron chi connectivity index (χ0n) is 17.4. The largest absolute Gasteiger partial charge is 0.489 e. The van der Waals surface area contributed by atoms with Gasteiger partial charge in [0.25, 0.3) is 0 Å². The van der Waals surface area contributed by atoms with E-state index in [4.69, 9.17) is 13.9 Å². The summed E-state index contributed by atoms with van der Waals surface area (Å²) < 4.78 is 16.5. The molecule has 0 bridgehead atoms. The van der Waals surface area contributed by atoms with Crippen LogP contribution in [0.15, 0.2) is 82.0 Å². The van der Waals surface area contributed by atoms with E-state index in [0.717, 1.165) is 27.6 Å². The SMILES string of the molecule is Cc1cccc(COC(=O)c2ccc(COc3ccc4c(C)cc(=O)oc4c3)cc2)c1. The predicted molar refractivity (Wildman–Crippen MR) is 118 cm³/mol. The summed E-state index contributed by atoms with van der Waals surface area (Å²) in [6.07, 6.45) is 0. The van der Waals surface area contributed by atoms with Crippen molar-refractivity contribution in [3.63, 3.8) is 0 Å². The summed E-state index contributed by atoms with van der Waals surface area (Å²) in [5, 5.41) is 0.875. The Hall–Kier alpha value is -3.86. The van der Waals surface area contributed by atoms with E-state index in [9.17, 15) is 9.59 Å². The first-order valence-electron chi connectivity index (χ1n) is 9.97. The fourth-order valence-corrected chi connectivity index (χ4v) is 3.33. The quantitative estimate of drug-likeness (QED) is 0.314. The number of aryl methyl sites for hydroxylation is 2. The molecule has 4 rings (SSSR count). The second kappa shape index (κ2) is 8.88. The minimum absolute atomic E-state index is 0.239. The van der Waals surface area contributed by atoms with Crippen LogP contribution < -0.4 is 10.4 Å². The van der Waals surface area contributed by atoms with E-state index < -0.39 is 0 Å². The molecule has 0 aliphatic rings. The van der Waals surface area contributed by atoms with E-state index >= 15 is 0 Å². The van der Waals surface area contributed by atoms with Gasteiger partial charge in [-0.3, -0.25) is 0 Å². The first-order chi connectivity index (χ1) is 15.0. The molecule has 5 heteroatoms. The number of ether oxygens (including phenoxy) is 2. The fourth-order valence-electron chi connectivity index (χ4n) is 3.33. The van der Waals surface area contributed by atoms with Crippen molar-refractivity contribution in [3.8, 4) is 5.75 Å². The fraction of sp³-hybridized carbons (Fsp3) is 0.154. The number of hydrogen-bond acceptors (Lipinski definition) is 5. The molecular formula is C26H22O5. The summed E-state index contributed by atoms with van der Waals surface area (Å²) in [6, 6.07) is 21.9. The third kappa shape index (κ3) is 5.01. The number of esters is 1. The molecule has 0 aliphatic heterocycles. The minimum atomic E-state index is -0.382. The molecule has 0 spiro atoms. The van der Waals surface area contributed by atoms with Gasteiger partial charge in [0.05, 0.1) is 5.56 Å². The third-order valence-electron chi connectivity index (χ3n) is 4.97. The van der Waals surface area contributed by atoms with Crippen molar-refractivity contribution < 1.29 is 18.7 Å². The molecule has 156 valence electrons. The van der Waals surface area contributed by atoms with Crippen molar-refractivity contribution in [2.24, 2.45) is 0 Å². The summed E-state index contributed by atoms with van der Waals surface area (Å²) in [7, 11) is 0. The second-order valence-corrected chi connectivity index (χ2v) is 7.46. The van der Waals surface area contributed by atoms with E-state index in [1.54, 1.807) is 18.2 Å². The highest BCUT2D eigenvalue weighted by Crippen LogP contribution is 2.23. The first kappa shape index (κ1) is 20.4. The predicted octanol–water partition coefficient (Wildman–Crippen LogP) is 5.35. The second-order valence-electron chi connectivity index (χ2n) is 7.46. The van der Waals surface area contributed by atoms with Gasteiger partial charge in [0, 0.05) is 17.5 Å². The highest BCUT2D eigenvalue weighted by Gasteiger charge is 2.08. The maximum absolute atomic E-state index is 12.3. The van der Waals surface area contributed by atoms with Crippen LogP contribution in [0.25, 0.3) is 11.0 Å². The summed E-state index contributed by atoms with van der Waals surface area (Å²) in [5.41, 5.74) is 4.45. The Morgan fingerprint density at radius 3 is 2.45 bits per heavy atom. The van der Waals surface area contributed by atoms with Gasteiger partial charge < -0.3 is 13.9 Å². The van der Waals surface area contributed by atoms with Crippen LogP contribution >= 0.6 is 0 Å². The average molecular weight is 414 g/mol. The van der Waals surface area contributed by atoms with Gasteiger partial charge in [-0.2, -0.15) is 0 Å². The topological polar surface area (TPSA) is 65.7 Å². The number of hydrogen-bond donors (Lipinski definition) is 0. The van der Waals surface area contributed by atoms with Crippen molar-refractivity contribution >= 4 is 16.9 Å². The lowest BCUT2D eigenvalue weighted by Gasteiger charge is -2.09. The molecule has 1 aromatic heterocycles. The number of rotatable bonds is 6. The van der Waals surface area contributed by atoms with E-state index in [2.05, 4.69) is 0 Å². The summed E-state index contributed by atoms with van der Waals surface area (Å²) in [5.74, 6) is 0.233. The van der Waals surface area contributed by atoms with E-state index in [-0.39, 0.29) is 18.2 Å². The van der Waals surface area contributed by atoms with Crippen LogP contribution in [0.3, 0.4) is 0 Å². The molecule has 0 atom stereocenters. The summed E-state index contributed by atoms with van der Waals surface area (Å²) >= 11 is 0. The van der Waals surface area contributed by atoms with Crippen LogP contribution in [-0.2, 0) is 18.0 Å². The van der Waals surface area contributed by atoms with Crippen molar-refractivity contribution in [3.05, 3.63) is 111 Å². The lowest BCUT2D eigenvalue weighted by molar-refractivity contribution is 0.0472. The molecule has 31 heavy (non-hydrogen) atoms. The van der Waals surface area contributed by atoms with Crippen LogP contribution in [0.5, 0.6) is 5.75 Å². The van der Waals surface area contributed by atoms with Gasteiger partial charge >= 0.3 is 11.6 Å². The highest BCUT2D eigenvalue weighted by atomic mass is 16.5. The van der Waals surface area contributed by atoms with Crippen molar-refractivity contribution in [1.82, 2.24) is 0 Å². The average Bonchev–Trinajstić information content (AvgIpc) is 2.76. The minimum Gasteiger partial charge on any atom is -0.489 e. The molecule has 0 aliphatic carbocycles. The smallest absolute Gasteiger partial charge is 0.338 e. The van der Waals surface area contributed by atoms with E-state index in [1.807, 2.05) is 62.4 Å². The molecular weight excluding hydrogens is 392 g/mol. The van der Waals surface area contributed by atoms with Gasteiger partial charge in [-0.25, -0.2) is 9.59 Å². The molecule has 0 saturated heterocycles. The number of fused-ring (bicyclic) bond motifs is 1. The van der Waals surface area contributed by atoms with E-state index in [1.165, 1.54) is 6.07 Å². The molecule has 4 aromatic rings. The number of carbonyl (C=O) groups is 1. The standard InChI is InChI=1S/C26H22O5/c1-17-4-3-5-20(12-17)16-30-26(28)21-8-6-19(7-9-21)15-29-22-10-11-23-18(2)13-25(27)31-24(23)14-22/h3-14H,15-16H2,1-2H3. The Morgan fingerprint density at radius 2 is 1.68 bits per heavy atom. The van der Waals surface area contributed by atoms with Crippen LogP contribution in [0, 0.1) is 13.8 Å². The lowest BCUT2D eigenvalue weighted by Crippen LogP contribution is -2.06. The van der Waals surface area contributed by atoms with Crippen molar-refractivity contribution in [2.75, 3.05) is 0 Å². The van der Waals surface area contributed by atoms with Gasteiger partial charge in [0.15, 0.2) is 0 Å². The van der Waals surface area contributed by atoms with Gasteiger partial charge in [-0.05, 0) is 54.8 Å². The first-order valence-corrected chi connectivity index (χ1v) is 9.97. The van der Waals surface area contributed by atoms with Gasteiger partial charge in [-0.1, -0.05) is 42.0 Å². The molecule has 5 nitrogen and oxygen atoms in total. The zero-order chi connectivity index (χ0) is 21.8. The lowest BCUT2D eigenvalue weighted by atomic mass is 10.1. The Kier molecular flexibility index (Phi) is 5.85. The summed E-state index contributed by atoms with van der Waals surface area (Å²) in [4.78, 5) is 23.9. The molecule has 0 unspecified atom stereocenters. The maximum Gasteiger partial charge on any atom is 0.338 e. The molecule has 3 aromatic carbocycles. The molecule has 0 radical (unpaired) electrons. The molecule has 0 amide bonds. The van der Waals surface area contributed by atoms with E-state index in [0.29, 0.717) is 23.5 Å². The Balaban J connectivity index is 1.36. The number of benzene rings is 3. The Labute approximate surface area is 179 Å². The highest BCUT2D eigenvalue weighted by molar-refractivity contribution is 5.89. The molecule has 0 saturated carbocycles. The number of carbonyl (C=O) groups excluding carboxylic acids is 1. The molecule has 0 N–H and O–H groups in total. The molecule has 1 heterocycles. The monoisotopic (exact) mass is 414 g/mol. The van der Waals surface area contributed by atoms with Crippen LogP contribution in [0.2, 0.25) is 0 Å². The van der Waals surface area contributed by atoms with Gasteiger partial charge in [0.1, 0.15) is 24.5 Å². The van der Waals surface area contributed by atoms with Crippen molar-refractivity contribution in [1.29, 1.82) is 0 Å². The van der Waals surface area contributed by atoms with Gasteiger partial charge in [0.2, 0.25) is 0 Å². The molecule has 0 fully saturated rings.